The summed E-state index contributed by atoms with van der Waals surface area (Å²) in [5, 5.41) is 23.5. The molecule has 2 aromatic carbocycles. The van der Waals surface area contributed by atoms with Crippen LogP contribution in [0.3, 0.4) is 0 Å². The number of halogens is 2. The van der Waals surface area contributed by atoms with E-state index >= 15 is 0 Å². The van der Waals surface area contributed by atoms with E-state index < -0.39 is 0 Å². The maximum absolute atomic E-state index is 14.7. The second-order valence-electron chi connectivity index (χ2n) is 16.9. The topological polar surface area (TPSA) is 162 Å². The van der Waals surface area contributed by atoms with Crippen LogP contribution in [-0.2, 0) is 22.7 Å². The summed E-state index contributed by atoms with van der Waals surface area (Å²) >= 11 is 0. The molecule has 0 aliphatic carbocycles. The predicted octanol–water partition coefficient (Wildman–Crippen LogP) is 5.37. The first-order valence-electron chi connectivity index (χ1n) is 21.0. The summed E-state index contributed by atoms with van der Waals surface area (Å²) in [7, 11) is 3.66. The van der Waals surface area contributed by atoms with E-state index in [0.717, 1.165) is 46.6 Å². The highest BCUT2D eigenvalue weighted by Gasteiger charge is 2.35. The second kappa shape index (κ2) is 15.0. The molecule has 0 saturated carbocycles. The molecule has 2 fully saturated rings. The Labute approximate surface area is 354 Å². The summed E-state index contributed by atoms with van der Waals surface area (Å²) in [5.41, 5.74) is 6.24. The van der Waals surface area contributed by atoms with Gasteiger partial charge < -0.3 is 39.4 Å². The highest BCUT2D eigenvalue weighted by molar-refractivity contribution is 5.79. The molecule has 6 aliphatic heterocycles. The molecule has 0 radical (unpaired) electrons. The van der Waals surface area contributed by atoms with Crippen molar-refractivity contribution in [1.29, 1.82) is 0 Å². The number of hydrogen-bond donors (Lipinski definition) is 2. The molecule has 6 aromatic rings. The third-order valence-electron chi connectivity index (χ3n) is 13.3. The molecule has 2 amide bonds. The van der Waals surface area contributed by atoms with Crippen LogP contribution in [0.5, 0.6) is 23.0 Å². The number of benzene rings is 2. The molecule has 18 heteroatoms. The molecule has 0 bridgehead atoms. The van der Waals surface area contributed by atoms with Crippen LogP contribution in [0.2, 0.25) is 0 Å². The highest BCUT2D eigenvalue weighted by Crippen LogP contribution is 2.44. The van der Waals surface area contributed by atoms with Crippen molar-refractivity contribution in [2.24, 2.45) is 0 Å². The fraction of sp³-hybridized carbons (Fsp3) is 0.409. The quantitative estimate of drug-likeness (QED) is 0.230. The lowest BCUT2D eigenvalue weighted by molar-refractivity contribution is -0.133. The molecule has 6 aliphatic rings. The number of piperidine rings is 2. The third kappa shape index (κ3) is 6.36. The van der Waals surface area contributed by atoms with Gasteiger partial charge in [-0.1, -0.05) is 0 Å². The van der Waals surface area contributed by atoms with Crippen LogP contribution in [0.15, 0.2) is 49.1 Å². The van der Waals surface area contributed by atoms with Crippen LogP contribution in [-0.4, -0.2) is 104 Å². The van der Waals surface area contributed by atoms with Crippen molar-refractivity contribution in [2.75, 3.05) is 64.2 Å². The third-order valence-corrected chi connectivity index (χ3v) is 13.3. The van der Waals surface area contributed by atoms with Gasteiger partial charge in [-0.25, -0.2) is 8.78 Å². The molecule has 12 rings (SSSR count). The number of rotatable bonds is 2. The van der Waals surface area contributed by atoms with Crippen LogP contribution >= 0.6 is 0 Å². The van der Waals surface area contributed by atoms with Crippen molar-refractivity contribution in [3.05, 3.63) is 94.1 Å². The SMILES string of the molecule is CN1CC[C@@H](c2cc3c(n4cnnc24)NCc2c(F)ccc4c2[C@H](CO4)CO3)CC1=O.CN1CC[C@H](c2cc3c(n4cnnc24)NCc2c(F)ccc4c2[C@H](CO4)CO3)CC1=O. The zero-order valence-corrected chi connectivity index (χ0v) is 34.2. The normalized spacial score (nSPS) is 22.5. The van der Waals surface area contributed by atoms with Gasteiger partial charge in [0.1, 0.15) is 35.8 Å². The van der Waals surface area contributed by atoms with Crippen LogP contribution in [0, 0.1) is 11.6 Å². The number of amides is 2. The van der Waals surface area contributed by atoms with Gasteiger partial charge in [-0.2, -0.15) is 0 Å². The molecule has 4 aromatic heterocycles. The van der Waals surface area contributed by atoms with Crippen LogP contribution in [0.4, 0.5) is 20.4 Å². The van der Waals surface area contributed by atoms with E-state index in [1.165, 1.54) is 12.1 Å². The summed E-state index contributed by atoms with van der Waals surface area (Å²) in [6.45, 7) is 3.68. The molecule has 2 N–H and O–H groups in total. The largest absolute Gasteiger partial charge is 0.493 e. The number of nitrogens with zero attached hydrogens (tertiary/aromatic N) is 8. The first-order chi connectivity index (χ1) is 30.2. The van der Waals surface area contributed by atoms with E-state index in [2.05, 4.69) is 31.0 Å². The molecule has 16 nitrogen and oxygen atoms in total. The first-order valence-corrected chi connectivity index (χ1v) is 21.0. The molecule has 320 valence electrons. The second-order valence-corrected chi connectivity index (χ2v) is 16.9. The van der Waals surface area contributed by atoms with Gasteiger partial charge in [0.2, 0.25) is 11.8 Å². The fourth-order valence-corrected chi connectivity index (χ4v) is 9.83. The van der Waals surface area contributed by atoms with Crippen molar-refractivity contribution >= 4 is 34.7 Å². The minimum atomic E-state index is -0.258. The average molecular weight is 847 g/mol. The highest BCUT2D eigenvalue weighted by atomic mass is 19.1. The Kier molecular flexibility index (Phi) is 9.26. The Morgan fingerprint density at radius 1 is 0.597 bits per heavy atom. The van der Waals surface area contributed by atoms with Crippen molar-refractivity contribution in [2.45, 2.75) is 62.4 Å². The smallest absolute Gasteiger partial charge is 0.222 e. The van der Waals surface area contributed by atoms with Crippen LogP contribution in [0.25, 0.3) is 11.3 Å². The van der Waals surface area contributed by atoms with Gasteiger partial charge in [0.05, 0.1) is 38.3 Å². The molecule has 0 unspecified atom stereocenters. The number of anilines is 2. The van der Waals surface area contributed by atoms with Gasteiger partial charge >= 0.3 is 0 Å². The Morgan fingerprint density at radius 2 is 1.02 bits per heavy atom. The Hall–Kier alpha value is -6.72. The number of fused-ring (bicyclic) bond motifs is 6. The van der Waals surface area contributed by atoms with Crippen molar-refractivity contribution in [3.63, 3.8) is 0 Å². The lowest BCUT2D eigenvalue weighted by atomic mass is 9.89. The molecule has 2 saturated heterocycles. The average Bonchev–Trinajstić information content (AvgIpc) is 4.11. The molecule has 10 heterocycles. The van der Waals surface area contributed by atoms with Gasteiger partial charge in [0.15, 0.2) is 34.4 Å². The molecule has 62 heavy (non-hydrogen) atoms. The number of carbonyl (C=O) groups excluding carboxylic acids is 2. The van der Waals surface area contributed by atoms with E-state index in [1.807, 2.05) is 35.0 Å². The predicted molar refractivity (Wildman–Crippen MR) is 220 cm³/mol. The van der Waals surface area contributed by atoms with E-state index in [4.69, 9.17) is 18.9 Å². The van der Waals surface area contributed by atoms with Gasteiger partial charge in [0, 0.05) is 86.5 Å². The molecular weight excluding hydrogens is 803 g/mol. The molecule has 4 atom stereocenters. The number of carbonyl (C=O) groups is 2. The standard InChI is InChI=1S/2C22H22FN5O3/c2*1-27-5-4-12(6-19(27)29)14-7-18-22(28-11-25-26-21(14)28)24-8-15-16(23)2-3-17-20(15)13(9-30-17)10-31-18/h2*2-3,7,11-13,24H,4-6,8-10H2,1H3/t12-,13+;12-,13-/m01/s1. The first kappa shape index (κ1) is 38.2. The summed E-state index contributed by atoms with van der Waals surface area (Å²) in [4.78, 5) is 28.2. The Balaban J connectivity index is 0.000000139. The maximum atomic E-state index is 14.7. The summed E-state index contributed by atoms with van der Waals surface area (Å²) < 4.78 is 57.2. The number of likely N-dealkylation sites (tertiary alicyclic amines) is 2. The monoisotopic (exact) mass is 846 g/mol. The van der Waals surface area contributed by atoms with Crippen molar-refractivity contribution < 1.29 is 37.3 Å². The zero-order valence-electron chi connectivity index (χ0n) is 34.2. The Morgan fingerprint density at radius 3 is 1.44 bits per heavy atom. The summed E-state index contributed by atoms with van der Waals surface area (Å²) in [6.07, 6.45) is 5.83. The molecular formula is C44H44F2N10O6. The van der Waals surface area contributed by atoms with E-state index in [1.54, 1.807) is 34.6 Å². The fourth-order valence-electron chi connectivity index (χ4n) is 9.83. The number of hydrogen-bond acceptors (Lipinski definition) is 12. The maximum Gasteiger partial charge on any atom is 0.222 e. The lowest BCUT2D eigenvalue weighted by Crippen LogP contribution is -2.35. The number of ether oxygens (including phenoxy) is 4. The number of aromatic nitrogens is 6. The zero-order chi connectivity index (χ0) is 42.2. The number of pyridine rings is 2. The minimum Gasteiger partial charge on any atom is -0.493 e. The van der Waals surface area contributed by atoms with Gasteiger partial charge in [-0.05, 0) is 61.1 Å². The van der Waals surface area contributed by atoms with Gasteiger partial charge in [-0.3, -0.25) is 18.4 Å². The summed E-state index contributed by atoms with van der Waals surface area (Å²) in [5.74, 6) is 3.84. The molecule has 0 spiro atoms. The minimum absolute atomic E-state index is 0.0431. The number of nitrogens with one attached hydrogen (secondary N) is 2. The Bertz CT molecular complexity index is 2610. The summed E-state index contributed by atoms with van der Waals surface area (Å²) in [6, 6.07) is 10.2. The van der Waals surface area contributed by atoms with Crippen molar-refractivity contribution in [3.8, 4) is 23.0 Å². The van der Waals surface area contributed by atoms with Crippen LogP contribution < -0.4 is 29.6 Å². The van der Waals surface area contributed by atoms with E-state index in [0.29, 0.717) is 111 Å². The van der Waals surface area contributed by atoms with Crippen molar-refractivity contribution in [1.82, 2.24) is 39.0 Å². The van der Waals surface area contributed by atoms with E-state index in [-0.39, 0.29) is 47.1 Å². The van der Waals surface area contributed by atoms with Gasteiger partial charge in [-0.15, -0.1) is 20.4 Å². The van der Waals surface area contributed by atoms with Gasteiger partial charge in [0.25, 0.3) is 0 Å². The lowest BCUT2D eigenvalue weighted by Gasteiger charge is -2.29. The van der Waals surface area contributed by atoms with E-state index in [9.17, 15) is 18.4 Å². The van der Waals surface area contributed by atoms with Crippen LogP contribution in [0.1, 0.15) is 82.7 Å².